The van der Waals surface area contributed by atoms with Crippen LogP contribution in [-0.4, -0.2) is 38.5 Å². The summed E-state index contributed by atoms with van der Waals surface area (Å²) in [6.45, 7) is 8.00. The first kappa shape index (κ1) is 21.7. The Balaban J connectivity index is 0.00000484. The Hall–Kier alpha value is -1.31. The molecule has 1 atom stereocenters. The second-order valence-electron chi connectivity index (χ2n) is 5.47. The summed E-state index contributed by atoms with van der Waals surface area (Å²) < 4.78 is 0. The molecule has 6 heteroatoms. The van der Waals surface area contributed by atoms with Crippen LogP contribution in [-0.2, 0) is 4.79 Å². The normalized spacial score (nSPS) is 12.1. The first-order valence-electron chi connectivity index (χ1n) is 7.84. The molecule has 0 bridgehead atoms. The van der Waals surface area contributed by atoms with Crippen LogP contribution >= 0.6 is 24.0 Å². The fourth-order valence-electron chi connectivity index (χ4n) is 2.06. The Morgan fingerprint density at radius 2 is 2.00 bits per heavy atom. The van der Waals surface area contributed by atoms with Crippen LogP contribution in [0.5, 0.6) is 0 Å². The second kappa shape index (κ2) is 12.2. The molecule has 0 aromatic heterocycles. The number of hydrogen-bond donors (Lipinski definition) is 3. The van der Waals surface area contributed by atoms with Crippen molar-refractivity contribution in [1.82, 2.24) is 16.0 Å². The maximum absolute atomic E-state index is 11.6. The second-order valence-corrected chi connectivity index (χ2v) is 5.47. The molecule has 1 amide bonds. The molecule has 0 aliphatic carbocycles. The van der Waals surface area contributed by atoms with E-state index in [1.165, 1.54) is 11.1 Å². The van der Waals surface area contributed by atoms with E-state index in [2.05, 4.69) is 59.1 Å². The van der Waals surface area contributed by atoms with Crippen molar-refractivity contribution in [3.8, 4) is 0 Å². The first-order chi connectivity index (χ1) is 10.6. The van der Waals surface area contributed by atoms with Gasteiger partial charge < -0.3 is 16.0 Å². The Bertz CT molecular complexity index is 505. The summed E-state index contributed by atoms with van der Waals surface area (Å²) in [4.78, 5) is 15.7. The van der Waals surface area contributed by atoms with Crippen molar-refractivity contribution in [2.24, 2.45) is 4.99 Å². The summed E-state index contributed by atoms with van der Waals surface area (Å²) in [6.07, 6.45) is 0.937. The number of nitrogens with one attached hydrogen (secondary N) is 3. The zero-order valence-corrected chi connectivity index (χ0v) is 16.8. The van der Waals surface area contributed by atoms with Crippen LogP contribution in [0.15, 0.2) is 29.3 Å². The minimum atomic E-state index is -0.0171. The molecular formula is C17H29IN4O. The van der Waals surface area contributed by atoms with Crippen LogP contribution in [0.25, 0.3) is 0 Å². The zero-order chi connectivity index (χ0) is 16.4. The van der Waals surface area contributed by atoms with E-state index in [0.717, 1.165) is 13.0 Å². The lowest BCUT2D eigenvalue weighted by molar-refractivity contribution is -0.120. The number of rotatable bonds is 7. The minimum absolute atomic E-state index is 0. The van der Waals surface area contributed by atoms with Gasteiger partial charge in [0, 0.05) is 20.1 Å². The SMILES string of the molecule is CCCNC(=O)CNC(=NC)NCC(C)c1cccc(C)c1.I. The van der Waals surface area contributed by atoms with Crippen LogP contribution in [0.3, 0.4) is 0 Å². The van der Waals surface area contributed by atoms with E-state index >= 15 is 0 Å². The molecule has 0 radical (unpaired) electrons. The van der Waals surface area contributed by atoms with Crippen molar-refractivity contribution in [3.05, 3.63) is 35.4 Å². The number of halogens is 1. The molecule has 1 rings (SSSR count). The summed E-state index contributed by atoms with van der Waals surface area (Å²) in [7, 11) is 1.70. The van der Waals surface area contributed by atoms with Crippen molar-refractivity contribution < 1.29 is 4.79 Å². The van der Waals surface area contributed by atoms with E-state index in [4.69, 9.17) is 0 Å². The quantitative estimate of drug-likeness (QED) is 0.352. The number of carbonyl (C=O) groups excluding carboxylic acids is 1. The highest BCUT2D eigenvalue weighted by Crippen LogP contribution is 2.15. The van der Waals surface area contributed by atoms with Crippen LogP contribution in [0.4, 0.5) is 0 Å². The summed E-state index contributed by atoms with van der Waals surface area (Å²) >= 11 is 0. The minimum Gasteiger partial charge on any atom is -0.356 e. The molecule has 1 aromatic carbocycles. The molecule has 0 saturated heterocycles. The molecule has 1 unspecified atom stereocenters. The molecule has 0 fully saturated rings. The first-order valence-corrected chi connectivity index (χ1v) is 7.84. The van der Waals surface area contributed by atoms with E-state index < -0.39 is 0 Å². The fraction of sp³-hybridized carbons (Fsp3) is 0.529. The lowest BCUT2D eigenvalue weighted by Gasteiger charge is -2.16. The van der Waals surface area contributed by atoms with Gasteiger partial charge in [-0.3, -0.25) is 9.79 Å². The molecule has 0 saturated carbocycles. The van der Waals surface area contributed by atoms with Crippen molar-refractivity contribution >= 4 is 35.8 Å². The number of benzene rings is 1. The summed E-state index contributed by atoms with van der Waals surface area (Å²) in [5.74, 6) is 0.995. The average molecular weight is 432 g/mol. The lowest BCUT2D eigenvalue weighted by Crippen LogP contribution is -2.44. The molecule has 3 N–H and O–H groups in total. The lowest BCUT2D eigenvalue weighted by atomic mass is 9.99. The van der Waals surface area contributed by atoms with Crippen molar-refractivity contribution in [1.29, 1.82) is 0 Å². The number of guanidine groups is 1. The summed E-state index contributed by atoms with van der Waals surface area (Å²) in [6, 6.07) is 8.50. The number of aliphatic imine (C=N–C) groups is 1. The molecule has 0 aliphatic heterocycles. The molecule has 0 aliphatic rings. The van der Waals surface area contributed by atoms with E-state index in [0.29, 0.717) is 18.4 Å². The molecule has 130 valence electrons. The molecular weight excluding hydrogens is 403 g/mol. The monoisotopic (exact) mass is 432 g/mol. The van der Waals surface area contributed by atoms with Gasteiger partial charge in [0.05, 0.1) is 6.54 Å². The van der Waals surface area contributed by atoms with Gasteiger partial charge in [0.2, 0.25) is 5.91 Å². The standard InChI is InChI=1S/C17H28N4O.HI/c1-5-9-19-16(22)12-21-17(18-4)20-11-14(3)15-8-6-7-13(2)10-15;/h6-8,10,14H,5,9,11-12H2,1-4H3,(H,19,22)(H2,18,20,21);1H. The van der Waals surface area contributed by atoms with Crippen molar-refractivity contribution in [2.75, 3.05) is 26.7 Å². The average Bonchev–Trinajstić information content (AvgIpc) is 2.52. The van der Waals surface area contributed by atoms with Gasteiger partial charge in [0.1, 0.15) is 0 Å². The number of carbonyl (C=O) groups is 1. The third-order valence-electron chi connectivity index (χ3n) is 3.40. The van der Waals surface area contributed by atoms with Gasteiger partial charge in [-0.15, -0.1) is 24.0 Å². The van der Waals surface area contributed by atoms with E-state index in [1.54, 1.807) is 7.05 Å². The molecule has 0 heterocycles. The predicted octanol–water partition coefficient (Wildman–Crippen LogP) is 2.41. The van der Waals surface area contributed by atoms with E-state index in [-0.39, 0.29) is 36.4 Å². The third kappa shape index (κ3) is 8.78. The largest absolute Gasteiger partial charge is 0.356 e. The van der Waals surface area contributed by atoms with E-state index in [1.807, 2.05) is 6.92 Å². The van der Waals surface area contributed by atoms with Gasteiger partial charge >= 0.3 is 0 Å². The maximum atomic E-state index is 11.6. The van der Waals surface area contributed by atoms with Gasteiger partial charge in [-0.25, -0.2) is 0 Å². The Labute approximate surface area is 156 Å². The number of hydrogen-bond acceptors (Lipinski definition) is 2. The van der Waals surface area contributed by atoms with Gasteiger partial charge in [0.15, 0.2) is 5.96 Å². The van der Waals surface area contributed by atoms with E-state index in [9.17, 15) is 4.79 Å². The van der Waals surface area contributed by atoms with Gasteiger partial charge in [-0.05, 0) is 24.8 Å². The van der Waals surface area contributed by atoms with Gasteiger partial charge in [-0.2, -0.15) is 0 Å². The van der Waals surface area contributed by atoms with Crippen molar-refractivity contribution in [3.63, 3.8) is 0 Å². The highest BCUT2D eigenvalue weighted by Gasteiger charge is 2.07. The molecule has 23 heavy (non-hydrogen) atoms. The molecule has 0 spiro atoms. The fourth-order valence-corrected chi connectivity index (χ4v) is 2.06. The highest BCUT2D eigenvalue weighted by molar-refractivity contribution is 14.0. The highest BCUT2D eigenvalue weighted by atomic mass is 127. The van der Waals surface area contributed by atoms with Crippen LogP contribution in [0.2, 0.25) is 0 Å². The summed E-state index contributed by atoms with van der Waals surface area (Å²) in [5.41, 5.74) is 2.56. The van der Waals surface area contributed by atoms with Gasteiger partial charge in [-0.1, -0.05) is 43.7 Å². The van der Waals surface area contributed by atoms with Crippen LogP contribution in [0.1, 0.15) is 37.3 Å². The van der Waals surface area contributed by atoms with Crippen LogP contribution < -0.4 is 16.0 Å². The third-order valence-corrected chi connectivity index (χ3v) is 3.40. The molecule has 1 aromatic rings. The Kier molecular flexibility index (Phi) is 11.5. The van der Waals surface area contributed by atoms with Gasteiger partial charge in [0.25, 0.3) is 0 Å². The summed E-state index contributed by atoms with van der Waals surface area (Å²) in [5, 5.41) is 9.11. The number of amides is 1. The topological polar surface area (TPSA) is 65.5 Å². The van der Waals surface area contributed by atoms with Crippen LogP contribution in [0, 0.1) is 6.92 Å². The van der Waals surface area contributed by atoms with Crippen molar-refractivity contribution in [2.45, 2.75) is 33.1 Å². The number of aryl methyl sites for hydroxylation is 1. The Morgan fingerprint density at radius 3 is 2.61 bits per heavy atom. The Morgan fingerprint density at radius 1 is 1.26 bits per heavy atom. The zero-order valence-electron chi connectivity index (χ0n) is 14.5. The maximum Gasteiger partial charge on any atom is 0.239 e. The smallest absolute Gasteiger partial charge is 0.239 e. The number of nitrogens with zero attached hydrogens (tertiary/aromatic N) is 1. The predicted molar refractivity (Wildman–Crippen MR) is 108 cm³/mol. The molecule has 5 nitrogen and oxygen atoms in total.